The van der Waals surface area contributed by atoms with E-state index in [1.807, 2.05) is 49.4 Å². The van der Waals surface area contributed by atoms with E-state index in [9.17, 15) is 4.79 Å². The van der Waals surface area contributed by atoms with Crippen molar-refractivity contribution in [3.63, 3.8) is 0 Å². The molecule has 0 atom stereocenters. The van der Waals surface area contributed by atoms with Crippen LogP contribution in [0.5, 0.6) is 0 Å². The van der Waals surface area contributed by atoms with Crippen molar-refractivity contribution in [1.29, 1.82) is 0 Å². The Kier molecular flexibility index (Phi) is 4.71. The zero-order chi connectivity index (χ0) is 20.5. The minimum absolute atomic E-state index is 0.0119. The van der Waals surface area contributed by atoms with Crippen LogP contribution >= 0.6 is 0 Å². The summed E-state index contributed by atoms with van der Waals surface area (Å²) in [5, 5.41) is 6.35. The molecule has 5 heteroatoms. The Morgan fingerprint density at radius 2 is 1.90 bits per heavy atom. The van der Waals surface area contributed by atoms with Crippen molar-refractivity contribution in [2.75, 3.05) is 6.54 Å². The quantitative estimate of drug-likeness (QED) is 0.411. The SMILES string of the molecule is Cc1nc2ccccc2n1CCCNC(=O)Cc1coc2ccc3ccccc3c12. The molecule has 0 spiro atoms. The first-order chi connectivity index (χ1) is 14.7. The third-order valence-electron chi connectivity index (χ3n) is 5.62. The third kappa shape index (κ3) is 3.32. The van der Waals surface area contributed by atoms with Gasteiger partial charge < -0.3 is 14.3 Å². The predicted octanol–water partition coefficient (Wildman–Crippen LogP) is 4.99. The standard InChI is InChI=1S/C25H23N3O2/c1-17-27-21-9-4-5-10-22(21)28(17)14-6-13-26-24(29)15-19-16-30-23-12-11-18-7-2-3-8-20(18)25(19)23/h2-5,7-12,16H,6,13-15H2,1H3,(H,26,29). The second-order valence-corrected chi connectivity index (χ2v) is 7.60. The van der Waals surface area contributed by atoms with Gasteiger partial charge in [0, 0.05) is 24.0 Å². The van der Waals surface area contributed by atoms with Crippen LogP contribution in [0.25, 0.3) is 32.8 Å². The van der Waals surface area contributed by atoms with Crippen molar-refractivity contribution < 1.29 is 9.21 Å². The topological polar surface area (TPSA) is 60.1 Å². The van der Waals surface area contributed by atoms with Gasteiger partial charge in [-0.1, -0.05) is 42.5 Å². The number of amides is 1. The monoisotopic (exact) mass is 397 g/mol. The zero-order valence-corrected chi connectivity index (χ0v) is 16.9. The van der Waals surface area contributed by atoms with Crippen LogP contribution in [0.3, 0.4) is 0 Å². The number of rotatable bonds is 6. The van der Waals surface area contributed by atoms with Gasteiger partial charge in [-0.15, -0.1) is 0 Å². The second kappa shape index (κ2) is 7.67. The lowest BCUT2D eigenvalue weighted by Crippen LogP contribution is -2.26. The zero-order valence-electron chi connectivity index (χ0n) is 16.9. The summed E-state index contributed by atoms with van der Waals surface area (Å²) >= 11 is 0. The Bertz CT molecular complexity index is 1360. The first-order valence-corrected chi connectivity index (χ1v) is 10.3. The Labute approximate surface area is 174 Å². The minimum Gasteiger partial charge on any atom is -0.464 e. The number of furan rings is 1. The molecule has 3 aromatic carbocycles. The molecule has 0 radical (unpaired) electrons. The van der Waals surface area contributed by atoms with E-state index in [-0.39, 0.29) is 5.91 Å². The molecule has 0 aliphatic rings. The van der Waals surface area contributed by atoms with Gasteiger partial charge in [-0.3, -0.25) is 4.79 Å². The lowest BCUT2D eigenvalue weighted by Gasteiger charge is -2.08. The number of para-hydroxylation sites is 2. The molecule has 1 N–H and O–H groups in total. The van der Waals surface area contributed by atoms with Crippen LogP contribution in [-0.4, -0.2) is 22.0 Å². The van der Waals surface area contributed by atoms with Gasteiger partial charge in [0.25, 0.3) is 0 Å². The highest BCUT2D eigenvalue weighted by atomic mass is 16.3. The van der Waals surface area contributed by atoms with E-state index in [0.717, 1.165) is 57.1 Å². The van der Waals surface area contributed by atoms with Crippen molar-refractivity contribution in [1.82, 2.24) is 14.9 Å². The minimum atomic E-state index is 0.0119. The van der Waals surface area contributed by atoms with Crippen LogP contribution in [-0.2, 0) is 17.8 Å². The third-order valence-corrected chi connectivity index (χ3v) is 5.62. The number of carbonyl (C=O) groups excluding carboxylic acids is 1. The molecular weight excluding hydrogens is 374 g/mol. The van der Waals surface area contributed by atoms with E-state index in [0.29, 0.717) is 13.0 Å². The number of benzene rings is 3. The normalized spacial score (nSPS) is 11.5. The van der Waals surface area contributed by atoms with E-state index >= 15 is 0 Å². The molecule has 2 aromatic heterocycles. The summed E-state index contributed by atoms with van der Waals surface area (Å²) in [7, 11) is 0. The predicted molar refractivity (Wildman–Crippen MR) is 120 cm³/mol. The molecule has 5 aromatic rings. The summed E-state index contributed by atoms with van der Waals surface area (Å²) in [5.74, 6) is 1.01. The molecule has 30 heavy (non-hydrogen) atoms. The first-order valence-electron chi connectivity index (χ1n) is 10.3. The Balaban J connectivity index is 1.24. The number of fused-ring (bicyclic) bond motifs is 4. The van der Waals surface area contributed by atoms with Crippen molar-refractivity contribution >= 4 is 38.7 Å². The van der Waals surface area contributed by atoms with Gasteiger partial charge in [0.15, 0.2) is 0 Å². The molecule has 2 heterocycles. The number of carbonyl (C=O) groups is 1. The lowest BCUT2D eigenvalue weighted by molar-refractivity contribution is -0.120. The molecule has 0 unspecified atom stereocenters. The summed E-state index contributed by atoms with van der Waals surface area (Å²) in [6.45, 7) is 3.47. The van der Waals surface area contributed by atoms with Crippen molar-refractivity contribution in [2.45, 2.75) is 26.3 Å². The van der Waals surface area contributed by atoms with E-state index in [1.54, 1.807) is 6.26 Å². The largest absolute Gasteiger partial charge is 0.464 e. The van der Waals surface area contributed by atoms with Crippen LogP contribution < -0.4 is 5.32 Å². The number of imidazole rings is 1. The molecule has 150 valence electrons. The molecule has 1 amide bonds. The summed E-state index contributed by atoms with van der Waals surface area (Å²) in [4.78, 5) is 17.2. The fourth-order valence-electron chi connectivity index (χ4n) is 4.18. The molecule has 0 saturated carbocycles. The molecule has 0 fully saturated rings. The number of hydrogen-bond donors (Lipinski definition) is 1. The van der Waals surface area contributed by atoms with Crippen LogP contribution in [0.1, 0.15) is 17.8 Å². The van der Waals surface area contributed by atoms with Gasteiger partial charge in [-0.05, 0) is 42.3 Å². The number of hydrogen-bond acceptors (Lipinski definition) is 3. The van der Waals surface area contributed by atoms with Crippen molar-refractivity contribution in [3.8, 4) is 0 Å². The first kappa shape index (κ1) is 18.4. The van der Waals surface area contributed by atoms with Gasteiger partial charge >= 0.3 is 0 Å². The summed E-state index contributed by atoms with van der Waals surface area (Å²) < 4.78 is 7.90. The van der Waals surface area contributed by atoms with E-state index < -0.39 is 0 Å². The maximum atomic E-state index is 12.6. The fraction of sp³-hybridized carbons (Fsp3) is 0.200. The van der Waals surface area contributed by atoms with Crippen molar-refractivity contribution in [2.24, 2.45) is 0 Å². The van der Waals surface area contributed by atoms with Gasteiger partial charge in [-0.25, -0.2) is 4.98 Å². The molecule has 5 rings (SSSR count). The maximum Gasteiger partial charge on any atom is 0.224 e. The number of nitrogens with zero attached hydrogens (tertiary/aromatic N) is 2. The van der Waals surface area contributed by atoms with Gasteiger partial charge in [0.2, 0.25) is 5.91 Å². The highest BCUT2D eigenvalue weighted by Crippen LogP contribution is 2.30. The second-order valence-electron chi connectivity index (χ2n) is 7.60. The van der Waals surface area contributed by atoms with E-state index in [4.69, 9.17) is 4.42 Å². The molecule has 0 aliphatic carbocycles. The molecular formula is C25H23N3O2. The van der Waals surface area contributed by atoms with E-state index in [1.165, 1.54) is 0 Å². The number of nitrogens with one attached hydrogen (secondary N) is 1. The average molecular weight is 397 g/mol. The highest BCUT2D eigenvalue weighted by Gasteiger charge is 2.13. The van der Waals surface area contributed by atoms with Crippen LogP contribution in [0.4, 0.5) is 0 Å². The highest BCUT2D eigenvalue weighted by molar-refractivity contribution is 6.08. The maximum absolute atomic E-state index is 12.6. The van der Waals surface area contributed by atoms with Gasteiger partial charge in [-0.2, -0.15) is 0 Å². The molecule has 5 nitrogen and oxygen atoms in total. The Morgan fingerprint density at radius 3 is 2.83 bits per heavy atom. The number of aryl methyl sites for hydroxylation is 2. The Morgan fingerprint density at radius 1 is 1.07 bits per heavy atom. The van der Waals surface area contributed by atoms with Gasteiger partial charge in [0.1, 0.15) is 11.4 Å². The van der Waals surface area contributed by atoms with E-state index in [2.05, 4.69) is 33.1 Å². The fourth-order valence-corrected chi connectivity index (χ4v) is 4.18. The lowest BCUT2D eigenvalue weighted by atomic mass is 10.0. The summed E-state index contributed by atoms with van der Waals surface area (Å²) in [6.07, 6.45) is 2.87. The van der Waals surface area contributed by atoms with Gasteiger partial charge in [0.05, 0.1) is 23.7 Å². The summed E-state index contributed by atoms with van der Waals surface area (Å²) in [5.41, 5.74) is 3.89. The van der Waals surface area contributed by atoms with Crippen LogP contribution in [0.2, 0.25) is 0 Å². The average Bonchev–Trinajstić information content (AvgIpc) is 3.31. The molecule has 0 aliphatic heterocycles. The van der Waals surface area contributed by atoms with Crippen molar-refractivity contribution in [3.05, 3.63) is 78.3 Å². The van der Waals surface area contributed by atoms with Crippen LogP contribution in [0, 0.1) is 6.92 Å². The smallest absolute Gasteiger partial charge is 0.224 e. The molecule has 0 saturated heterocycles. The summed E-state index contributed by atoms with van der Waals surface area (Å²) in [6, 6.07) is 20.3. The van der Waals surface area contributed by atoms with Crippen LogP contribution in [0.15, 0.2) is 71.3 Å². The Hall–Kier alpha value is -3.60. The number of aromatic nitrogens is 2. The molecule has 0 bridgehead atoms.